The van der Waals surface area contributed by atoms with Gasteiger partial charge in [-0.1, -0.05) is 17.7 Å². The monoisotopic (exact) mass is 367 g/mol. The van der Waals surface area contributed by atoms with Crippen molar-refractivity contribution in [2.75, 3.05) is 57.3 Å². The van der Waals surface area contributed by atoms with Crippen molar-refractivity contribution in [3.05, 3.63) is 29.3 Å². The zero-order chi connectivity index (χ0) is 18.2. The minimum absolute atomic E-state index is 0.0416. The second-order valence-corrected chi connectivity index (χ2v) is 6.69. The SMILES string of the molecule is CCNC(=O)CN(CC)C(=O)C[NH+]1CCN(c2cccc(Cl)c2)CC1. The number of rotatable bonds is 7. The molecule has 25 heavy (non-hydrogen) atoms. The lowest BCUT2D eigenvalue weighted by Crippen LogP contribution is -3.16. The average Bonchev–Trinajstić information content (AvgIpc) is 2.60. The number of carbonyl (C=O) groups excluding carboxylic acids is 2. The molecule has 138 valence electrons. The Morgan fingerprint density at radius 1 is 1.28 bits per heavy atom. The lowest BCUT2D eigenvalue weighted by Gasteiger charge is -2.34. The predicted octanol–water partition coefficient (Wildman–Crippen LogP) is 0.0295. The molecule has 0 aromatic heterocycles. The van der Waals surface area contributed by atoms with Crippen LogP contribution < -0.4 is 15.1 Å². The summed E-state index contributed by atoms with van der Waals surface area (Å²) < 4.78 is 0. The first-order chi connectivity index (χ1) is 12.0. The highest BCUT2D eigenvalue weighted by Gasteiger charge is 2.25. The van der Waals surface area contributed by atoms with Gasteiger partial charge in [0.25, 0.3) is 5.91 Å². The van der Waals surface area contributed by atoms with Crippen molar-refractivity contribution in [1.29, 1.82) is 0 Å². The molecule has 2 amide bonds. The van der Waals surface area contributed by atoms with E-state index in [1.807, 2.05) is 32.0 Å². The van der Waals surface area contributed by atoms with Crippen LogP contribution in [0.4, 0.5) is 5.69 Å². The van der Waals surface area contributed by atoms with E-state index in [1.165, 1.54) is 4.90 Å². The summed E-state index contributed by atoms with van der Waals surface area (Å²) in [5, 5.41) is 3.48. The Labute approximate surface area is 154 Å². The van der Waals surface area contributed by atoms with E-state index in [2.05, 4.69) is 16.3 Å². The van der Waals surface area contributed by atoms with Gasteiger partial charge in [0, 0.05) is 23.8 Å². The molecule has 6 nitrogen and oxygen atoms in total. The predicted molar refractivity (Wildman–Crippen MR) is 100 cm³/mol. The molecular weight excluding hydrogens is 340 g/mol. The molecule has 1 aliphatic rings. The second-order valence-electron chi connectivity index (χ2n) is 6.26. The number of carbonyl (C=O) groups is 2. The number of anilines is 1. The number of halogens is 1. The summed E-state index contributed by atoms with van der Waals surface area (Å²) in [6.07, 6.45) is 0. The molecule has 1 saturated heterocycles. The van der Waals surface area contributed by atoms with Crippen molar-refractivity contribution in [2.45, 2.75) is 13.8 Å². The van der Waals surface area contributed by atoms with Gasteiger partial charge in [0.2, 0.25) is 5.91 Å². The Morgan fingerprint density at radius 3 is 2.60 bits per heavy atom. The fraction of sp³-hybridized carbons (Fsp3) is 0.556. The third-order valence-corrected chi connectivity index (χ3v) is 4.72. The minimum Gasteiger partial charge on any atom is -0.360 e. The zero-order valence-corrected chi connectivity index (χ0v) is 15.8. The first-order valence-electron chi connectivity index (χ1n) is 8.92. The highest BCUT2D eigenvalue weighted by atomic mass is 35.5. The number of hydrogen-bond donors (Lipinski definition) is 2. The van der Waals surface area contributed by atoms with Gasteiger partial charge in [-0.25, -0.2) is 0 Å². The molecule has 2 rings (SSSR count). The summed E-state index contributed by atoms with van der Waals surface area (Å²) in [4.78, 5) is 29.4. The standard InChI is InChI=1S/C18H27ClN4O2/c1-3-20-17(24)13-22(4-2)18(25)14-21-8-10-23(11-9-21)16-7-5-6-15(19)12-16/h5-7,12H,3-4,8-11,13-14H2,1-2H3,(H,20,24)/p+1. The molecule has 0 bridgehead atoms. The van der Waals surface area contributed by atoms with Crippen molar-refractivity contribution in [1.82, 2.24) is 10.2 Å². The van der Waals surface area contributed by atoms with Crippen LogP contribution in [-0.2, 0) is 9.59 Å². The van der Waals surface area contributed by atoms with Gasteiger partial charge in [-0.05, 0) is 32.0 Å². The van der Waals surface area contributed by atoms with Gasteiger partial charge in [-0.15, -0.1) is 0 Å². The van der Waals surface area contributed by atoms with Gasteiger partial charge >= 0.3 is 0 Å². The quantitative estimate of drug-likeness (QED) is 0.715. The van der Waals surface area contributed by atoms with Crippen LogP contribution in [0.5, 0.6) is 0 Å². The number of benzene rings is 1. The molecule has 0 aliphatic carbocycles. The average molecular weight is 368 g/mol. The molecule has 0 unspecified atom stereocenters. The lowest BCUT2D eigenvalue weighted by molar-refractivity contribution is -0.892. The van der Waals surface area contributed by atoms with Gasteiger partial charge in [-0.2, -0.15) is 0 Å². The highest BCUT2D eigenvalue weighted by molar-refractivity contribution is 6.30. The fourth-order valence-electron chi connectivity index (χ4n) is 3.06. The molecule has 1 aromatic rings. The van der Waals surface area contributed by atoms with E-state index in [-0.39, 0.29) is 18.4 Å². The Hall–Kier alpha value is -1.79. The highest BCUT2D eigenvalue weighted by Crippen LogP contribution is 2.19. The molecule has 7 heteroatoms. The fourth-order valence-corrected chi connectivity index (χ4v) is 3.24. The van der Waals surface area contributed by atoms with E-state index >= 15 is 0 Å². The maximum absolute atomic E-state index is 12.5. The summed E-state index contributed by atoms with van der Waals surface area (Å²) in [7, 11) is 0. The van der Waals surface area contributed by atoms with E-state index in [1.54, 1.807) is 4.90 Å². The number of nitrogens with zero attached hydrogens (tertiary/aromatic N) is 2. The molecule has 1 heterocycles. The maximum Gasteiger partial charge on any atom is 0.278 e. The van der Waals surface area contributed by atoms with Crippen molar-refractivity contribution < 1.29 is 14.5 Å². The number of amides is 2. The molecule has 0 spiro atoms. The van der Waals surface area contributed by atoms with E-state index < -0.39 is 0 Å². The Morgan fingerprint density at radius 2 is 2.00 bits per heavy atom. The van der Waals surface area contributed by atoms with E-state index in [0.29, 0.717) is 19.6 Å². The number of likely N-dealkylation sites (N-methyl/N-ethyl adjacent to an activating group) is 2. The van der Waals surface area contributed by atoms with Gasteiger partial charge in [0.05, 0.1) is 32.7 Å². The first-order valence-corrected chi connectivity index (χ1v) is 9.29. The van der Waals surface area contributed by atoms with Crippen molar-refractivity contribution in [2.24, 2.45) is 0 Å². The second kappa shape index (κ2) is 9.63. The Kier molecular flexibility index (Phi) is 7.52. The summed E-state index contributed by atoms with van der Waals surface area (Å²) >= 11 is 6.06. The molecule has 0 saturated carbocycles. The Balaban J connectivity index is 1.82. The summed E-state index contributed by atoms with van der Waals surface area (Å²) in [5.74, 6) is -0.0570. The van der Waals surface area contributed by atoms with Gasteiger partial charge < -0.3 is 20.0 Å². The molecule has 1 aliphatic heterocycles. The third kappa shape index (κ3) is 5.90. The summed E-state index contributed by atoms with van der Waals surface area (Å²) in [6, 6.07) is 7.87. The molecule has 2 N–H and O–H groups in total. The summed E-state index contributed by atoms with van der Waals surface area (Å²) in [6.45, 7) is 9.09. The van der Waals surface area contributed by atoms with Gasteiger partial charge in [-0.3, -0.25) is 9.59 Å². The number of quaternary nitrogens is 1. The van der Waals surface area contributed by atoms with Gasteiger partial charge in [0.1, 0.15) is 0 Å². The normalized spacial score (nSPS) is 15.1. The molecule has 1 aromatic carbocycles. The van der Waals surface area contributed by atoms with Crippen LogP contribution in [0.15, 0.2) is 24.3 Å². The third-order valence-electron chi connectivity index (χ3n) is 4.49. The van der Waals surface area contributed by atoms with Crippen LogP contribution in [0.25, 0.3) is 0 Å². The maximum atomic E-state index is 12.5. The lowest BCUT2D eigenvalue weighted by atomic mass is 10.2. The van der Waals surface area contributed by atoms with Crippen LogP contribution in [-0.4, -0.2) is 69.1 Å². The van der Waals surface area contributed by atoms with Crippen LogP contribution >= 0.6 is 11.6 Å². The zero-order valence-electron chi connectivity index (χ0n) is 15.1. The van der Waals surface area contributed by atoms with Crippen molar-refractivity contribution >= 4 is 29.1 Å². The minimum atomic E-state index is -0.0986. The van der Waals surface area contributed by atoms with Crippen molar-refractivity contribution in [3.63, 3.8) is 0 Å². The van der Waals surface area contributed by atoms with E-state index in [9.17, 15) is 9.59 Å². The smallest absolute Gasteiger partial charge is 0.278 e. The van der Waals surface area contributed by atoms with E-state index in [4.69, 9.17) is 11.6 Å². The van der Waals surface area contributed by atoms with E-state index in [0.717, 1.165) is 36.9 Å². The number of piperazine rings is 1. The van der Waals surface area contributed by atoms with Crippen LogP contribution in [0.3, 0.4) is 0 Å². The number of nitrogens with one attached hydrogen (secondary N) is 2. The number of hydrogen-bond acceptors (Lipinski definition) is 3. The van der Waals surface area contributed by atoms with Crippen LogP contribution in [0.2, 0.25) is 5.02 Å². The topological polar surface area (TPSA) is 57.1 Å². The van der Waals surface area contributed by atoms with Crippen molar-refractivity contribution in [3.8, 4) is 0 Å². The largest absolute Gasteiger partial charge is 0.360 e. The summed E-state index contributed by atoms with van der Waals surface area (Å²) in [5.41, 5.74) is 1.13. The first kappa shape index (κ1) is 19.5. The molecule has 1 fully saturated rings. The van der Waals surface area contributed by atoms with Crippen LogP contribution in [0.1, 0.15) is 13.8 Å². The van der Waals surface area contributed by atoms with Crippen LogP contribution in [0, 0.1) is 0 Å². The molecular formula is C18H28ClN4O2+. The molecule has 0 atom stereocenters. The molecule has 0 radical (unpaired) electrons. The Bertz CT molecular complexity index is 588. The van der Waals surface area contributed by atoms with Gasteiger partial charge in [0.15, 0.2) is 6.54 Å².